The van der Waals surface area contributed by atoms with Gasteiger partial charge in [-0.3, -0.25) is 4.90 Å². The fourth-order valence-corrected chi connectivity index (χ4v) is 3.47. The molecular formula is C19H22ClN3S. The zero-order valence-corrected chi connectivity index (χ0v) is 15.1. The molecule has 1 aliphatic heterocycles. The van der Waals surface area contributed by atoms with Crippen LogP contribution in [-0.2, 0) is 6.54 Å². The number of benzene rings is 2. The molecule has 2 aromatic rings. The molecule has 0 amide bonds. The lowest BCUT2D eigenvalue weighted by molar-refractivity contribution is 0.199. The molecule has 2 aromatic carbocycles. The number of hydrogen-bond acceptors (Lipinski definition) is 2. The Morgan fingerprint density at radius 3 is 2.54 bits per heavy atom. The molecule has 3 rings (SSSR count). The molecule has 126 valence electrons. The fourth-order valence-electron chi connectivity index (χ4n) is 3.00. The van der Waals surface area contributed by atoms with Crippen LogP contribution in [0.4, 0.5) is 5.69 Å². The zero-order valence-electron chi connectivity index (χ0n) is 13.5. The minimum atomic E-state index is 0.427. The molecule has 2 N–H and O–H groups in total. The van der Waals surface area contributed by atoms with Crippen molar-refractivity contribution in [2.24, 2.45) is 0 Å². The maximum absolute atomic E-state index is 5.99. The average Bonchev–Trinajstić information content (AvgIpc) is 2.57. The Bertz CT molecular complexity index is 669. The van der Waals surface area contributed by atoms with Crippen LogP contribution in [0.1, 0.15) is 18.4 Å². The van der Waals surface area contributed by atoms with Crippen LogP contribution >= 0.6 is 23.8 Å². The third-order valence-corrected chi connectivity index (χ3v) is 4.71. The number of nitrogens with one attached hydrogen (secondary N) is 2. The SMILES string of the molecule is S=C(Nc1cccc(Cl)c1)NC1CCN(Cc2ccccc2)CC1. The molecule has 1 aliphatic rings. The van der Waals surface area contributed by atoms with E-state index < -0.39 is 0 Å². The van der Waals surface area contributed by atoms with Gasteiger partial charge in [0.2, 0.25) is 0 Å². The highest BCUT2D eigenvalue weighted by molar-refractivity contribution is 7.80. The molecule has 1 fully saturated rings. The summed E-state index contributed by atoms with van der Waals surface area (Å²) in [5.74, 6) is 0. The Labute approximate surface area is 154 Å². The highest BCUT2D eigenvalue weighted by Crippen LogP contribution is 2.16. The van der Waals surface area contributed by atoms with Gasteiger partial charge in [-0.05, 0) is 48.8 Å². The van der Waals surface area contributed by atoms with Crippen LogP contribution < -0.4 is 10.6 Å². The predicted octanol–water partition coefficient (Wildman–Crippen LogP) is 4.29. The van der Waals surface area contributed by atoms with E-state index in [1.54, 1.807) is 0 Å². The number of hydrogen-bond donors (Lipinski definition) is 2. The van der Waals surface area contributed by atoms with E-state index in [2.05, 4.69) is 45.9 Å². The van der Waals surface area contributed by atoms with Gasteiger partial charge in [-0.15, -0.1) is 0 Å². The van der Waals surface area contributed by atoms with Crippen LogP contribution in [0.25, 0.3) is 0 Å². The minimum absolute atomic E-state index is 0.427. The van der Waals surface area contributed by atoms with Crippen molar-refractivity contribution in [1.29, 1.82) is 0 Å². The number of rotatable bonds is 4. The molecule has 0 spiro atoms. The second kappa shape index (κ2) is 8.47. The number of piperidine rings is 1. The summed E-state index contributed by atoms with van der Waals surface area (Å²) >= 11 is 11.4. The van der Waals surface area contributed by atoms with E-state index in [0.29, 0.717) is 16.2 Å². The fraction of sp³-hybridized carbons (Fsp3) is 0.316. The lowest BCUT2D eigenvalue weighted by atomic mass is 10.0. The summed E-state index contributed by atoms with van der Waals surface area (Å²) in [4.78, 5) is 2.50. The molecule has 0 unspecified atom stereocenters. The minimum Gasteiger partial charge on any atom is -0.360 e. The summed E-state index contributed by atoms with van der Waals surface area (Å²) in [5.41, 5.74) is 2.29. The van der Waals surface area contributed by atoms with Gasteiger partial charge in [0.05, 0.1) is 0 Å². The highest BCUT2D eigenvalue weighted by Gasteiger charge is 2.19. The molecule has 1 saturated heterocycles. The van der Waals surface area contributed by atoms with E-state index in [4.69, 9.17) is 23.8 Å². The van der Waals surface area contributed by atoms with Gasteiger partial charge in [0, 0.05) is 36.4 Å². The molecule has 0 aromatic heterocycles. The lowest BCUT2D eigenvalue weighted by Gasteiger charge is -2.33. The number of likely N-dealkylation sites (tertiary alicyclic amines) is 1. The molecule has 0 atom stereocenters. The van der Waals surface area contributed by atoms with Crippen LogP contribution in [0, 0.1) is 0 Å². The van der Waals surface area contributed by atoms with Crippen molar-refractivity contribution >= 4 is 34.6 Å². The van der Waals surface area contributed by atoms with Gasteiger partial charge in [-0.25, -0.2) is 0 Å². The van der Waals surface area contributed by atoms with Crippen LogP contribution in [-0.4, -0.2) is 29.1 Å². The smallest absolute Gasteiger partial charge is 0.170 e. The number of nitrogens with zero attached hydrogens (tertiary/aromatic N) is 1. The van der Waals surface area contributed by atoms with Gasteiger partial charge in [0.25, 0.3) is 0 Å². The van der Waals surface area contributed by atoms with E-state index in [-0.39, 0.29) is 0 Å². The standard InChI is InChI=1S/C19H22ClN3S/c20-16-7-4-8-18(13-16)22-19(24)21-17-9-11-23(12-10-17)14-15-5-2-1-3-6-15/h1-8,13,17H,9-12,14H2,(H2,21,22,24). The van der Waals surface area contributed by atoms with Crippen molar-refractivity contribution < 1.29 is 0 Å². The normalized spacial score (nSPS) is 15.9. The Hall–Kier alpha value is -1.62. The van der Waals surface area contributed by atoms with E-state index in [1.807, 2.05) is 24.3 Å². The first-order chi connectivity index (χ1) is 11.7. The van der Waals surface area contributed by atoms with Gasteiger partial charge in [-0.1, -0.05) is 48.0 Å². The van der Waals surface area contributed by atoms with Crippen LogP contribution in [0.3, 0.4) is 0 Å². The van der Waals surface area contributed by atoms with Gasteiger partial charge >= 0.3 is 0 Å². The van der Waals surface area contributed by atoms with Crippen molar-refractivity contribution in [2.45, 2.75) is 25.4 Å². The Morgan fingerprint density at radius 1 is 1.08 bits per heavy atom. The van der Waals surface area contributed by atoms with Gasteiger partial charge in [0.1, 0.15) is 0 Å². The molecular weight excluding hydrogens is 338 g/mol. The first-order valence-corrected chi connectivity index (χ1v) is 9.07. The van der Waals surface area contributed by atoms with Gasteiger partial charge < -0.3 is 10.6 Å². The molecule has 1 heterocycles. The summed E-state index contributed by atoms with van der Waals surface area (Å²) in [6.07, 6.45) is 2.20. The van der Waals surface area contributed by atoms with Crippen LogP contribution in [0.2, 0.25) is 5.02 Å². The molecule has 3 nitrogen and oxygen atoms in total. The Balaban J connectivity index is 1.42. The second-order valence-electron chi connectivity index (χ2n) is 6.14. The van der Waals surface area contributed by atoms with E-state index in [1.165, 1.54) is 5.56 Å². The summed E-state index contributed by atoms with van der Waals surface area (Å²) in [6, 6.07) is 18.7. The number of thiocarbonyl (C=S) groups is 1. The topological polar surface area (TPSA) is 27.3 Å². The first kappa shape index (κ1) is 17.2. The summed E-state index contributed by atoms with van der Waals surface area (Å²) < 4.78 is 0. The first-order valence-electron chi connectivity index (χ1n) is 8.28. The molecule has 0 bridgehead atoms. The van der Waals surface area contributed by atoms with Crippen LogP contribution in [0.5, 0.6) is 0 Å². The molecule has 0 saturated carbocycles. The maximum atomic E-state index is 5.99. The summed E-state index contributed by atoms with van der Waals surface area (Å²) in [5, 5.41) is 8.00. The lowest BCUT2D eigenvalue weighted by Crippen LogP contribution is -2.45. The maximum Gasteiger partial charge on any atom is 0.170 e. The van der Waals surface area contributed by atoms with Gasteiger partial charge in [-0.2, -0.15) is 0 Å². The van der Waals surface area contributed by atoms with E-state index in [0.717, 1.165) is 38.2 Å². The third-order valence-electron chi connectivity index (χ3n) is 4.25. The third kappa shape index (κ3) is 5.20. The second-order valence-corrected chi connectivity index (χ2v) is 6.99. The molecule has 0 radical (unpaired) electrons. The van der Waals surface area contributed by atoms with E-state index in [9.17, 15) is 0 Å². The number of anilines is 1. The van der Waals surface area contributed by atoms with E-state index >= 15 is 0 Å². The summed E-state index contributed by atoms with van der Waals surface area (Å²) in [6.45, 7) is 3.21. The van der Waals surface area contributed by atoms with Crippen molar-refractivity contribution in [3.63, 3.8) is 0 Å². The van der Waals surface area contributed by atoms with Crippen molar-refractivity contribution in [3.8, 4) is 0 Å². The van der Waals surface area contributed by atoms with Crippen molar-refractivity contribution in [3.05, 3.63) is 65.2 Å². The van der Waals surface area contributed by atoms with Crippen LogP contribution in [0.15, 0.2) is 54.6 Å². The Kier molecular flexibility index (Phi) is 6.07. The van der Waals surface area contributed by atoms with Crippen molar-refractivity contribution in [1.82, 2.24) is 10.2 Å². The molecule has 5 heteroatoms. The largest absolute Gasteiger partial charge is 0.360 e. The average molecular weight is 360 g/mol. The number of halogens is 1. The monoisotopic (exact) mass is 359 g/mol. The predicted molar refractivity (Wildman–Crippen MR) is 106 cm³/mol. The quantitative estimate of drug-likeness (QED) is 0.796. The summed E-state index contributed by atoms with van der Waals surface area (Å²) in [7, 11) is 0. The highest BCUT2D eigenvalue weighted by atomic mass is 35.5. The molecule has 24 heavy (non-hydrogen) atoms. The zero-order chi connectivity index (χ0) is 16.8. The van der Waals surface area contributed by atoms with Crippen molar-refractivity contribution in [2.75, 3.05) is 18.4 Å². The Morgan fingerprint density at radius 2 is 1.83 bits per heavy atom. The van der Waals surface area contributed by atoms with Gasteiger partial charge in [0.15, 0.2) is 5.11 Å². The molecule has 0 aliphatic carbocycles.